The standard InChI is InChI=1S/C8H12F3NO/c1-6(2,5-12)4-7(3,13)8(9,10)11/h13H,4H2,1-3H3. The monoisotopic (exact) mass is 195 g/mol. The van der Waals surface area contributed by atoms with Crippen LogP contribution in [0.2, 0.25) is 0 Å². The Morgan fingerprint density at radius 3 is 1.85 bits per heavy atom. The van der Waals surface area contributed by atoms with Gasteiger partial charge in [0.05, 0.1) is 11.5 Å². The molecule has 0 aliphatic carbocycles. The Hall–Kier alpha value is -0.760. The topological polar surface area (TPSA) is 44.0 Å². The van der Waals surface area contributed by atoms with Gasteiger partial charge in [0.25, 0.3) is 0 Å². The van der Waals surface area contributed by atoms with E-state index in [2.05, 4.69) is 0 Å². The van der Waals surface area contributed by atoms with E-state index in [0.717, 1.165) is 0 Å². The number of hydrogen-bond acceptors (Lipinski definition) is 2. The summed E-state index contributed by atoms with van der Waals surface area (Å²) in [6, 6.07) is 1.71. The Balaban J connectivity index is 4.64. The summed E-state index contributed by atoms with van der Waals surface area (Å²) in [6.45, 7) is 3.38. The van der Waals surface area contributed by atoms with Crippen molar-refractivity contribution in [3.63, 3.8) is 0 Å². The van der Waals surface area contributed by atoms with Crippen molar-refractivity contribution in [3.8, 4) is 6.07 Å². The van der Waals surface area contributed by atoms with Gasteiger partial charge in [0, 0.05) is 6.42 Å². The molecule has 76 valence electrons. The molecule has 1 unspecified atom stereocenters. The van der Waals surface area contributed by atoms with Crippen molar-refractivity contribution in [1.82, 2.24) is 0 Å². The van der Waals surface area contributed by atoms with Crippen molar-refractivity contribution in [3.05, 3.63) is 0 Å². The molecule has 0 aromatic heterocycles. The summed E-state index contributed by atoms with van der Waals surface area (Å²) >= 11 is 0. The van der Waals surface area contributed by atoms with Gasteiger partial charge in [-0.05, 0) is 20.8 Å². The molecule has 1 atom stereocenters. The van der Waals surface area contributed by atoms with Crippen LogP contribution in [0.25, 0.3) is 0 Å². The van der Waals surface area contributed by atoms with Crippen molar-refractivity contribution >= 4 is 0 Å². The lowest BCUT2D eigenvalue weighted by Crippen LogP contribution is -2.45. The van der Waals surface area contributed by atoms with Gasteiger partial charge in [0.2, 0.25) is 0 Å². The van der Waals surface area contributed by atoms with E-state index in [1.807, 2.05) is 0 Å². The van der Waals surface area contributed by atoms with E-state index < -0.39 is 23.6 Å². The van der Waals surface area contributed by atoms with Crippen LogP contribution in [0.15, 0.2) is 0 Å². The minimum atomic E-state index is -4.69. The normalized spacial score (nSPS) is 17.7. The number of nitriles is 1. The molecule has 0 heterocycles. The molecular weight excluding hydrogens is 183 g/mol. The van der Waals surface area contributed by atoms with Crippen molar-refractivity contribution < 1.29 is 18.3 Å². The minimum absolute atomic E-state index is 0.625. The summed E-state index contributed by atoms with van der Waals surface area (Å²) in [4.78, 5) is 0. The highest BCUT2D eigenvalue weighted by molar-refractivity contribution is 4.98. The van der Waals surface area contributed by atoms with Crippen molar-refractivity contribution in [2.45, 2.75) is 39.0 Å². The summed E-state index contributed by atoms with van der Waals surface area (Å²) < 4.78 is 36.4. The first-order valence-electron chi connectivity index (χ1n) is 3.72. The maximum atomic E-state index is 12.1. The number of alkyl halides is 3. The summed E-state index contributed by atoms with van der Waals surface area (Å²) in [5.41, 5.74) is -3.98. The average molecular weight is 195 g/mol. The van der Waals surface area contributed by atoms with Crippen molar-refractivity contribution in [2.24, 2.45) is 5.41 Å². The highest BCUT2D eigenvalue weighted by atomic mass is 19.4. The van der Waals surface area contributed by atoms with Crippen LogP contribution in [0, 0.1) is 16.7 Å². The van der Waals surface area contributed by atoms with Crippen LogP contribution in [-0.2, 0) is 0 Å². The van der Waals surface area contributed by atoms with E-state index in [4.69, 9.17) is 10.4 Å². The van der Waals surface area contributed by atoms with Crippen LogP contribution in [-0.4, -0.2) is 16.9 Å². The lowest BCUT2D eigenvalue weighted by Gasteiger charge is -2.31. The fourth-order valence-corrected chi connectivity index (χ4v) is 1.00. The molecule has 0 aliphatic heterocycles. The maximum Gasteiger partial charge on any atom is 0.416 e. The molecule has 0 fully saturated rings. The molecular formula is C8H12F3NO. The molecule has 0 amide bonds. The van der Waals surface area contributed by atoms with Gasteiger partial charge in [-0.2, -0.15) is 18.4 Å². The van der Waals surface area contributed by atoms with Gasteiger partial charge < -0.3 is 5.11 Å². The lowest BCUT2D eigenvalue weighted by molar-refractivity contribution is -0.260. The third-order valence-electron chi connectivity index (χ3n) is 1.70. The summed E-state index contributed by atoms with van der Waals surface area (Å²) in [7, 11) is 0. The predicted octanol–water partition coefficient (Wildman–Crippen LogP) is 2.24. The van der Waals surface area contributed by atoms with Gasteiger partial charge in [-0.15, -0.1) is 0 Å². The molecule has 1 N–H and O–H groups in total. The number of hydrogen-bond donors (Lipinski definition) is 1. The number of aliphatic hydroxyl groups is 1. The van der Waals surface area contributed by atoms with Crippen LogP contribution >= 0.6 is 0 Å². The van der Waals surface area contributed by atoms with Crippen LogP contribution < -0.4 is 0 Å². The average Bonchev–Trinajstić information content (AvgIpc) is 1.83. The zero-order valence-electron chi connectivity index (χ0n) is 7.74. The predicted molar refractivity (Wildman–Crippen MR) is 40.7 cm³/mol. The quantitative estimate of drug-likeness (QED) is 0.734. The first kappa shape index (κ1) is 12.2. The lowest BCUT2D eigenvalue weighted by atomic mass is 9.82. The fourth-order valence-electron chi connectivity index (χ4n) is 1.00. The van der Waals surface area contributed by atoms with Gasteiger partial charge in [0.15, 0.2) is 5.60 Å². The van der Waals surface area contributed by atoms with E-state index in [1.54, 1.807) is 6.07 Å². The molecule has 0 aromatic carbocycles. The maximum absolute atomic E-state index is 12.1. The number of halogens is 3. The third kappa shape index (κ3) is 3.23. The molecule has 0 radical (unpaired) electrons. The van der Waals surface area contributed by atoms with E-state index in [0.29, 0.717) is 6.92 Å². The Bertz CT molecular complexity index is 225. The van der Waals surface area contributed by atoms with Crippen LogP contribution in [0.5, 0.6) is 0 Å². The van der Waals surface area contributed by atoms with Crippen molar-refractivity contribution in [2.75, 3.05) is 0 Å². The van der Waals surface area contributed by atoms with Crippen LogP contribution in [0.4, 0.5) is 13.2 Å². The second kappa shape index (κ2) is 3.18. The summed E-state index contributed by atoms with van der Waals surface area (Å²) in [6.07, 6.45) is -5.32. The largest absolute Gasteiger partial charge is 0.416 e. The SMILES string of the molecule is CC(C)(C#N)CC(C)(O)C(F)(F)F. The zero-order valence-corrected chi connectivity index (χ0v) is 7.74. The summed E-state index contributed by atoms with van der Waals surface area (Å²) in [5.74, 6) is 0. The summed E-state index contributed by atoms with van der Waals surface area (Å²) in [5, 5.41) is 17.5. The van der Waals surface area contributed by atoms with E-state index in [9.17, 15) is 13.2 Å². The van der Waals surface area contributed by atoms with Gasteiger partial charge in [-0.25, -0.2) is 0 Å². The van der Waals surface area contributed by atoms with Gasteiger partial charge in [-0.1, -0.05) is 0 Å². The second-order valence-corrected chi connectivity index (χ2v) is 3.94. The van der Waals surface area contributed by atoms with Crippen LogP contribution in [0.3, 0.4) is 0 Å². The molecule has 0 bridgehead atoms. The molecule has 0 saturated heterocycles. The molecule has 0 rings (SSSR count). The Morgan fingerprint density at radius 2 is 1.62 bits per heavy atom. The Labute approximate surface area is 75.0 Å². The van der Waals surface area contributed by atoms with E-state index >= 15 is 0 Å². The highest BCUT2D eigenvalue weighted by Crippen LogP contribution is 2.38. The van der Waals surface area contributed by atoms with Crippen molar-refractivity contribution in [1.29, 1.82) is 5.26 Å². The van der Waals surface area contributed by atoms with E-state index in [-0.39, 0.29) is 0 Å². The van der Waals surface area contributed by atoms with Crippen LogP contribution in [0.1, 0.15) is 27.2 Å². The Morgan fingerprint density at radius 1 is 1.23 bits per heavy atom. The minimum Gasteiger partial charge on any atom is -0.381 e. The van der Waals surface area contributed by atoms with Gasteiger partial charge >= 0.3 is 6.18 Å². The molecule has 0 spiro atoms. The Kier molecular flexibility index (Phi) is 3.00. The molecule has 13 heavy (non-hydrogen) atoms. The third-order valence-corrected chi connectivity index (χ3v) is 1.70. The first-order valence-corrected chi connectivity index (χ1v) is 3.72. The second-order valence-electron chi connectivity index (χ2n) is 3.94. The molecule has 5 heteroatoms. The van der Waals surface area contributed by atoms with Gasteiger partial charge in [-0.3, -0.25) is 0 Å². The fraction of sp³-hybridized carbons (Fsp3) is 0.875. The highest BCUT2D eigenvalue weighted by Gasteiger charge is 2.52. The molecule has 0 saturated carbocycles. The molecule has 0 aromatic rings. The smallest absolute Gasteiger partial charge is 0.381 e. The van der Waals surface area contributed by atoms with Gasteiger partial charge in [0.1, 0.15) is 0 Å². The number of nitrogens with zero attached hydrogens (tertiary/aromatic N) is 1. The molecule has 0 aliphatic rings. The first-order chi connectivity index (χ1) is 5.52. The number of rotatable bonds is 2. The zero-order chi connectivity index (χ0) is 10.9. The molecule has 2 nitrogen and oxygen atoms in total. The van der Waals surface area contributed by atoms with E-state index in [1.165, 1.54) is 13.8 Å².